The van der Waals surface area contributed by atoms with Crippen LogP contribution in [0.1, 0.15) is 16.1 Å². The van der Waals surface area contributed by atoms with Gasteiger partial charge in [-0.15, -0.1) is 0 Å². The first-order valence-corrected chi connectivity index (χ1v) is 4.92. The molecule has 0 saturated carbocycles. The van der Waals surface area contributed by atoms with Crippen molar-refractivity contribution in [3.05, 3.63) is 16.4 Å². The predicted octanol–water partition coefficient (Wildman–Crippen LogP) is 0.758. The molecule has 1 aromatic rings. The Morgan fingerprint density at radius 1 is 1.67 bits per heavy atom. The molecule has 1 aromatic heterocycles. The van der Waals surface area contributed by atoms with Crippen LogP contribution in [0.3, 0.4) is 0 Å². The van der Waals surface area contributed by atoms with E-state index in [4.69, 9.17) is 16.3 Å². The van der Waals surface area contributed by atoms with Gasteiger partial charge >= 0.3 is 0 Å². The van der Waals surface area contributed by atoms with E-state index in [2.05, 4.69) is 10.4 Å². The lowest BCUT2D eigenvalue weighted by Gasteiger charge is -2.03. The Morgan fingerprint density at radius 2 is 2.33 bits per heavy atom. The van der Waals surface area contributed by atoms with Gasteiger partial charge in [-0.25, -0.2) is 0 Å². The van der Waals surface area contributed by atoms with Crippen LogP contribution < -0.4 is 5.32 Å². The van der Waals surface area contributed by atoms with Gasteiger partial charge in [0.1, 0.15) is 5.15 Å². The van der Waals surface area contributed by atoms with Gasteiger partial charge in [0.05, 0.1) is 17.9 Å². The lowest BCUT2D eigenvalue weighted by Crippen LogP contribution is -2.27. The van der Waals surface area contributed by atoms with Crippen LogP contribution >= 0.6 is 11.6 Å². The fourth-order valence-corrected chi connectivity index (χ4v) is 1.50. The number of hydrogen-bond donors (Lipinski definition) is 1. The highest BCUT2D eigenvalue weighted by Gasteiger charge is 2.17. The molecule has 0 unspecified atom stereocenters. The van der Waals surface area contributed by atoms with Gasteiger partial charge in [-0.05, 0) is 6.92 Å². The van der Waals surface area contributed by atoms with Gasteiger partial charge in [0.25, 0.3) is 5.91 Å². The maximum absolute atomic E-state index is 11.7. The van der Waals surface area contributed by atoms with E-state index in [1.807, 2.05) is 0 Å². The minimum Gasteiger partial charge on any atom is -0.383 e. The third kappa shape index (κ3) is 2.70. The molecular weight excluding hydrogens is 218 g/mol. The molecule has 84 valence electrons. The summed E-state index contributed by atoms with van der Waals surface area (Å²) in [6, 6.07) is 0. The quantitative estimate of drug-likeness (QED) is 0.779. The average molecular weight is 232 g/mol. The van der Waals surface area contributed by atoms with Gasteiger partial charge in [0, 0.05) is 20.7 Å². The van der Waals surface area contributed by atoms with Gasteiger partial charge < -0.3 is 10.1 Å². The van der Waals surface area contributed by atoms with E-state index in [0.717, 1.165) is 0 Å². The van der Waals surface area contributed by atoms with Gasteiger partial charge in [-0.1, -0.05) is 11.6 Å². The average Bonchev–Trinajstić information content (AvgIpc) is 2.41. The molecule has 0 radical (unpaired) electrons. The number of halogens is 1. The number of nitrogens with zero attached hydrogens (tertiary/aromatic N) is 2. The molecular formula is C9H14ClN3O2. The summed E-state index contributed by atoms with van der Waals surface area (Å²) in [6.07, 6.45) is 0. The Hall–Kier alpha value is -1.07. The first kappa shape index (κ1) is 12.0. The molecule has 0 aliphatic heterocycles. The van der Waals surface area contributed by atoms with E-state index < -0.39 is 0 Å². The lowest BCUT2D eigenvalue weighted by molar-refractivity contribution is 0.0936. The SMILES string of the molecule is COCCNC(=O)c1c(C)nn(C)c1Cl. The normalized spacial score (nSPS) is 10.4. The number of hydrogen-bond acceptors (Lipinski definition) is 3. The van der Waals surface area contributed by atoms with Crippen molar-refractivity contribution in [2.24, 2.45) is 7.05 Å². The maximum Gasteiger partial charge on any atom is 0.256 e. The number of amides is 1. The van der Waals surface area contributed by atoms with Crippen LogP contribution in [0.5, 0.6) is 0 Å². The van der Waals surface area contributed by atoms with E-state index in [0.29, 0.717) is 29.6 Å². The highest BCUT2D eigenvalue weighted by molar-refractivity contribution is 6.33. The van der Waals surface area contributed by atoms with E-state index in [9.17, 15) is 4.79 Å². The molecule has 0 aliphatic rings. The minimum atomic E-state index is -0.220. The summed E-state index contributed by atoms with van der Waals surface area (Å²) in [4.78, 5) is 11.7. The molecule has 15 heavy (non-hydrogen) atoms. The Bertz CT molecular complexity index is 362. The van der Waals surface area contributed by atoms with Crippen molar-refractivity contribution in [1.82, 2.24) is 15.1 Å². The van der Waals surface area contributed by atoms with Gasteiger partial charge in [0.15, 0.2) is 0 Å². The Morgan fingerprint density at radius 3 is 2.80 bits per heavy atom. The summed E-state index contributed by atoms with van der Waals surface area (Å²) in [5.41, 5.74) is 1.05. The van der Waals surface area contributed by atoms with Crippen LogP contribution in [0.15, 0.2) is 0 Å². The van der Waals surface area contributed by atoms with Gasteiger partial charge in [0.2, 0.25) is 0 Å². The van der Waals surface area contributed by atoms with E-state index in [-0.39, 0.29) is 5.91 Å². The molecule has 0 aromatic carbocycles. The van der Waals surface area contributed by atoms with Crippen LogP contribution in [-0.2, 0) is 11.8 Å². The number of carbonyl (C=O) groups is 1. The molecule has 0 spiro atoms. The monoisotopic (exact) mass is 231 g/mol. The molecule has 1 heterocycles. The summed E-state index contributed by atoms with van der Waals surface area (Å²) in [5.74, 6) is -0.220. The summed E-state index contributed by atoms with van der Waals surface area (Å²) >= 11 is 5.93. The number of rotatable bonds is 4. The van der Waals surface area contributed by atoms with Gasteiger partial charge in [-0.2, -0.15) is 5.10 Å². The largest absolute Gasteiger partial charge is 0.383 e. The molecule has 0 saturated heterocycles. The Balaban J connectivity index is 2.73. The smallest absolute Gasteiger partial charge is 0.256 e. The second-order valence-electron chi connectivity index (χ2n) is 3.12. The Kier molecular flexibility index (Phi) is 4.11. The third-order valence-electron chi connectivity index (χ3n) is 1.97. The number of ether oxygens (including phenoxy) is 1. The minimum absolute atomic E-state index is 0.220. The molecule has 6 heteroatoms. The topological polar surface area (TPSA) is 56.1 Å². The molecule has 0 bridgehead atoms. The van der Waals surface area contributed by atoms with Crippen molar-refractivity contribution in [2.75, 3.05) is 20.3 Å². The third-order valence-corrected chi connectivity index (χ3v) is 2.40. The Labute approximate surface area is 93.4 Å². The molecule has 1 N–H and O–H groups in total. The van der Waals surface area contributed by atoms with Crippen LogP contribution in [0.25, 0.3) is 0 Å². The van der Waals surface area contributed by atoms with Gasteiger partial charge in [-0.3, -0.25) is 9.48 Å². The molecule has 1 amide bonds. The zero-order valence-corrected chi connectivity index (χ0v) is 9.76. The summed E-state index contributed by atoms with van der Waals surface area (Å²) < 4.78 is 6.30. The number of carbonyl (C=O) groups excluding carboxylic acids is 1. The highest BCUT2D eigenvalue weighted by atomic mass is 35.5. The number of nitrogens with one attached hydrogen (secondary N) is 1. The van der Waals surface area contributed by atoms with Crippen LogP contribution in [0.2, 0.25) is 5.15 Å². The lowest BCUT2D eigenvalue weighted by atomic mass is 10.2. The van der Waals surface area contributed by atoms with Crippen molar-refractivity contribution < 1.29 is 9.53 Å². The van der Waals surface area contributed by atoms with Crippen molar-refractivity contribution in [3.8, 4) is 0 Å². The van der Waals surface area contributed by atoms with Crippen molar-refractivity contribution in [3.63, 3.8) is 0 Å². The number of methoxy groups -OCH3 is 1. The van der Waals surface area contributed by atoms with Crippen molar-refractivity contribution >= 4 is 17.5 Å². The fraction of sp³-hybridized carbons (Fsp3) is 0.556. The fourth-order valence-electron chi connectivity index (χ4n) is 1.24. The standard InChI is InChI=1S/C9H14ClN3O2/c1-6-7(8(10)13(2)12-6)9(14)11-4-5-15-3/h4-5H2,1-3H3,(H,11,14). The van der Waals surface area contributed by atoms with Crippen molar-refractivity contribution in [2.45, 2.75) is 6.92 Å². The predicted molar refractivity (Wildman–Crippen MR) is 57.2 cm³/mol. The zero-order valence-electron chi connectivity index (χ0n) is 9.00. The van der Waals surface area contributed by atoms with E-state index >= 15 is 0 Å². The second-order valence-corrected chi connectivity index (χ2v) is 3.48. The molecule has 0 aliphatic carbocycles. The first-order chi connectivity index (χ1) is 7.07. The number of aromatic nitrogens is 2. The maximum atomic E-state index is 11.7. The first-order valence-electron chi connectivity index (χ1n) is 4.54. The summed E-state index contributed by atoms with van der Waals surface area (Å²) in [6.45, 7) is 2.68. The molecule has 1 rings (SSSR count). The van der Waals surface area contributed by atoms with Crippen molar-refractivity contribution in [1.29, 1.82) is 0 Å². The second kappa shape index (κ2) is 5.14. The summed E-state index contributed by atoms with van der Waals surface area (Å²) in [7, 11) is 3.27. The van der Waals surface area contributed by atoms with Crippen LogP contribution in [-0.4, -0.2) is 35.9 Å². The van der Waals surface area contributed by atoms with E-state index in [1.165, 1.54) is 4.68 Å². The number of aryl methyl sites for hydroxylation is 2. The molecule has 0 fully saturated rings. The highest BCUT2D eigenvalue weighted by Crippen LogP contribution is 2.17. The summed E-state index contributed by atoms with van der Waals surface area (Å²) in [5, 5.41) is 7.10. The zero-order chi connectivity index (χ0) is 11.4. The van der Waals surface area contributed by atoms with E-state index in [1.54, 1.807) is 21.1 Å². The molecule has 0 atom stereocenters. The molecule has 5 nitrogen and oxygen atoms in total. The van der Waals surface area contributed by atoms with Crippen LogP contribution in [0.4, 0.5) is 0 Å². The van der Waals surface area contributed by atoms with Crippen LogP contribution in [0, 0.1) is 6.92 Å².